The van der Waals surface area contributed by atoms with Crippen LogP contribution in [0.15, 0.2) is 48.5 Å². The summed E-state index contributed by atoms with van der Waals surface area (Å²) in [6.45, 7) is 6.76. The lowest BCUT2D eigenvalue weighted by atomic mass is 9.95. The fraction of sp³-hybridized carbons (Fsp3) is 0.481. The highest BCUT2D eigenvalue weighted by Gasteiger charge is 2.55. The normalized spacial score (nSPS) is 23.7. The van der Waals surface area contributed by atoms with Crippen LogP contribution in [0.3, 0.4) is 0 Å². The molecule has 2 fully saturated rings. The summed E-state index contributed by atoms with van der Waals surface area (Å²) in [7, 11) is 0. The van der Waals surface area contributed by atoms with Gasteiger partial charge < -0.3 is 5.32 Å². The highest BCUT2D eigenvalue weighted by molar-refractivity contribution is 6.31. The lowest BCUT2D eigenvalue weighted by Gasteiger charge is -2.28. The Bertz CT molecular complexity index is 971. The predicted molar refractivity (Wildman–Crippen MR) is 129 cm³/mol. The first-order chi connectivity index (χ1) is 15.4. The van der Waals surface area contributed by atoms with E-state index in [-0.39, 0.29) is 29.1 Å². The molecule has 3 atom stereocenters. The number of nitrogens with one attached hydrogen (secondary N) is 1. The molecular weight excluding hydrogens is 420 g/mol. The second-order valence-electron chi connectivity index (χ2n) is 9.47. The van der Waals surface area contributed by atoms with E-state index in [4.69, 9.17) is 11.6 Å². The molecule has 1 saturated carbocycles. The largest absolute Gasteiger partial charge is 0.354 e. The summed E-state index contributed by atoms with van der Waals surface area (Å²) in [5.74, 6) is 0.287. The molecule has 2 aromatic rings. The summed E-state index contributed by atoms with van der Waals surface area (Å²) in [4.78, 5) is 27.5. The first kappa shape index (κ1) is 23.0. The number of amides is 1. The Morgan fingerprint density at radius 2 is 1.88 bits per heavy atom. The molecule has 0 bridgehead atoms. The van der Waals surface area contributed by atoms with Crippen molar-refractivity contribution in [3.8, 4) is 0 Å². The van der Waals surface area contributed by atoms with Gasteiger partial charge in [-0.05, 0) is 56.0 Å². The standard InChI is InChI=1S/C27H33ClN2O2/c1-3-25(31)20-12-11-19(24(28)16-20)15-22(30-13-7-8-14-30)18-29-26(32)23-17-27(23,2)21-9-5-4-6-10-21/h4-6,9-12,16,22-23H,3,7-8,13-15,17-18H2,1-2H3,(H,29,32)/t22-,23+,27+/m0/s1. The van der Waals surface area contributed by atoms with Crippen molar-refractivity contribution in [3.63, 3.8) is 0 Å². The van der Waals surface area contributed by atoms with E-state index in [0.29, 0.717) is 23.6 Å². The van der Waals surface area contributed by atoms with E-state index in [1.54, 1.807) is 6.07 Å². The second kappa shape index (κ2) is 9.76. The zero-order chi connectivity index (χ0) is 22.7. The van der Waals surface area contributed by atoms with Crippen LogP contribution < -0.4 is 5.32 Å². The van der Waals surface area contributed by atoms with Crippen molar-refractivity contribution >= 4 is 23.3 Å². The van der Waals surface area contributed by atoms with Gasteiger partial charge in [0.2, 0.25) is 5.91 Å². The Morgan fingerprint density at radius 3 is 2.53 bits per heavy atom. The molecule has 170 valence electrons. The molecule has 0 unspecified atom stereocenters. The summed E-state index contributed by atoms with van der Waals surface area (Å²) < 4.78 is 0. The molecule has 4 rings (SSSR count). The number of carbonyl (C=O) groups is 2. The molecule has 0 aromatic heterocycles. The maximum absolute atomic E-state index is 13.0. The third kappa shape index (κ3) is 4.92. The number of Topliss-reactive ketones (excluding diaryl/α,β-unsaturated/α-hetero) is 1. The Hall–Kier alpha value is -2.17. The molecule has 1 saturated heterocycles. The van der Waals surface area contributed by atoms with Crippen LogP contribution in [0, 0.1) is 5.92 Å². The number of hydrogen-bond donors (Lipinski definition) is 1. The highest BCUT2D eigenvalue weighted by Crippen LogP contribution is 2.53. The van der Waals surface area contributed by atoms with E-state index >= 15 is 0 Å². The minimum absolute atomic E-state index is 0.0343. The van der Waals surface area contributed by atoms with Gasteiger partial charge in [0.25, 0.3) is 0 Å². The number of hydrogen-bond acceptors (Lipinski definition) is 3. The third-order valence-electron chi connectivity index (χ3n) is 7.31. The molecule has 0 radical (unpaired) electrons. The summed E-state index contributed by atoms with van der Waals surface area (Å²) >= 11 is 6.55. The van der Waals surface area contributed by atoms with Crippen molar-refractivity contribution in [2.24, 2.45) is 5.92 Å². The SMILES string of the molecule is CCC(=O)c1ccc(C[C@@H](CNC(=O)[C@H]2C[C@]2(C)c2ccccc2)N2CCCC2)c(Cl)c1. The second-order valence-corrected chi connectivity index (χ2v) is 9.88. The number of ketones is 1. The van der Waals surface area contributed by atoms with Gasteiger partial charge in [0.15, 0.2) is 5.78 Å². The van der Waals surface area contributed by atoms with Gasteiger partial charge in [-0.15, -0.1) is 0 Å². The molecule has 1 aliphatic carbocycles. The van der Waals surface area contributed by atoms with E-state index in [2.05, 4.69) is 29.3 Å². The predicted octanol–water partition coefficient (Wildman–Crippen LogP) is 5.03. The van der Waals surface area contributed by atoms with Crippen molar-refractivity contribution in [2.45, 2.75) is 57.4 Å². The van der Waals surface area contributed by atoms with Crippen molar-refractivity contribution in [2.75, 3.05) is 19.6 Å². The van der Waals surface area contributed by atoms with Gasteiger partial charge in [-0.3, -0.25) is 14.5 Å². The molecule has 0 spiro atoms. The molecule has 2 aliphatic rings. The number of nitrogens with zero attached hydrogens (tertiary/aromatic N) is 1. The van der Waals surface area contributed by atoms with Gasteiger partial charge in [-0.2, -0.15) is 0 Å². The molecule has 1 heterocycles. The molecule has 1 aliphatic heterocycles. The zero-order valence-electron chi connectivity index (χ0n) is 19.1. The summed E-state index contributed by atoms with van der Waals surface area (Å²) in [5, 5.41) is 3.88. The fourth-order valence-corrected chi connectivity index (χ4v) is 5.27. The average Bonchev–Trinajstić information content (AvgIpc) is 3.23. The van der Waals surface area contributed by atoms with Crippen LogP contribution in [0.2, 0.25) is 5.02 Å². The summed E-state index contributed by atoms with van der Waals surface area (Å²) in [6.07, 6.45) is 4.52. The molecule has 1 amide bonds. The van der Waals surface area contributed by atoms with E-state index in [9.17, 15) is 9.59 Å². The van der Waals surface area contributed by atoms with Crippen molar-refractivity contribution in [1.82, 2.24) is 10.2 Å². The molecule has 32 heavy (non-hydrogen) atoms. The molecular formula is C27H33ClN2O2. The fourth-order valence-electron chi connectivity index (χ4n) is 5.01. The van der Waals surface area contributed by atoms with Crippen LogP contribution in [0.25, 0.3) is 0 Å². The van der Waals surface area contributed by atoms with Crippen LogP contribution in [-0.4, -0.2) is 42.3 Å². The minimum atomic E-state index is -0.0561. The number of halogens is 1. The lowest BCUT2D eigenvalue weighted by molar-refractivity contribution is -0.123. The monoisotopic (exact) mass is 452 g/mol. The number of likely N-dealkylation sites (tertiary alicyclic amines) is 1. The first-order valence-electron chi connectivity index (χ1n) is 11.8. The maximum Gasteiger partial charge on any atom is 0.224 e. The van der Waals surface area contributed by atoms with E-state index in [1.165, 1.54) is 18.4 Å². The average molecular weight is 453 g/mol. The quantitative estimate of drug-likeness (QED) is 0.542. The third-order valence-corrected chi connectivity index (χ3v) is 7.66. The number of rotatable bonds is 9. The van der Waals surface area contributed by atoms with Gasteiger partial charge in [0, 0.05) is 40.9 Å². The zero-order valence-corrected chi connectivity index (χ0v) is 19.8. The van der Waals surface area contributed by atoms with Crippen LogP contribution in [0.1, 0.15) is 61.0 Å². The van der Waals surface area contributed by atoms with Crippen LogP contribution >= 0.6 is 11.6 Å². The van der Waals surface area contributed by atoms with Gasteiger partial charge in [-0.25, -0.2) is 0 Å². The smallest absolute Gasteiger partial charge is 0.224 e. The Kier molecular flexibility index (Phi) is 7.02. The molecule has 5 heteroatoms. The van der Waals surface area contributed by atoms with Crippen molar-refractivity contribution in [3.05, 3.63) is 70.2 Å². The van der Waals surface area contributed by atoms with Gasteiger partial charge in [0.1, 0.15) is 0 Å². The maximum atomic E-state index is 13.0. The van der Waals surface area contributed by atoms with Crippen molar-refractivity contribution in [1.29, 1.82) is 0 Å². The molecule has 1 N–H and O–H groups in total. The molecule has 4 nitrogen and oxygen atoms in total. The van der Waals surface area contributed by atoms with Gasteiger partial charge in [-0.1, -0.05) is 67.9 Å². The molecule has 2 aromatic carbocycles. The topological polar surface area (TPSA) is 49.4 Å². The van der Waals surface area contributed by atoms with Crippen molar-refractivity contribution < 1.29 is 9.59 Å². The number of benzene rings is 2. The number of carbonyl (C=O) groups excluding carboxylic acids is 2. The van der Waals surface area contributed by atoms with E-state index in [0.717, 1.165) is 31.5 Å². The minimum Gasteiger partial charge on any atom is -0.354 e. The Morgan fingerprint density at radius 1 is 1.16 bits per heavy atom. The highest BCUT2D eigenvalue weighted by atomic mass is 35.5. The van der Waals surface area contributed by atoms with Crippen LogP contribution in [0.4, 0.5) is 0 Å². The first-order valence-corrected chi connectivity index (χ1v) is 12.2. The van der Waals surface area contributed by atoms with E-state index < -0.39 is 0 Å². The van der Waals surface area contributed by atoms with Gasteiger partial charge in [0.05, 0.1) is 0 Å². The van der Waals surface area contributed by atoms with Crippen LogP contribution in [-0.2, 0) is 16.6 Å². The Labute approximate surface area is 196 Å². The summed E-state index contributed by atoms with van der Waals surface area (Å²) in [5.41, 5.74) is 2.89. The van der Waals surface area contributed by atoms with Crippen LogP contribution in [0.5, 0.6) is 0 Å². The summed E-state index contributed by atoms with van der Waals surface area (Å²) in [6, 6.07) is 16.2. The lowest BCUT2D eigenvalue weighted by Crippen LogP contribution is -2.44. The van der Waals surface area contributed by atoms with E-state index in [1.807, 2.05) is 37.3 Å². The Balaban J connectivity index is 1.41. The van der Waals surface area contributed by atoms with Gasteiger partial charge >= 0.3 is 0 Å².